The number of hydrazine groups is 2. The molecule has 4 aromatic rings. The van der Waals surface area contributed by atoms with Crippen molar-refractivity contribution in [3.63, 3.8) is 0 Å². The maximum absolute atomic E-state index is 14.1. The van der Waals surface area contributed by atoms with Gasteiger partial charge in [-0.15, -0.1) is 12.0 Å². The number of nitriles is 1. The van der Waals surface area contributed by atoms with Crippen LogP contribution in [0.2, 0.25) is 0 Å². The number of hydrogen-bond donors (Lipinski definition) is 4. The summed E-state index contributed by atoms with van der Waals surface area (Å²) in [5, 5.41) is 19.5. The van der Waals surface area contributed by atoms with E-state index in [-0.39, 0.29) is 23.8 Å². The van der Waals surface area contributed by atoms with Gasteiger partial charge in [-0.05, 0) is 48.1 Å². The first kappa shape index (κ1) is 30.8. The van der Waals surface area contributed by atoms with Crippen LogP contribution in [0.15, 0.2) is 65.4 Å². The van der Waals surface area contributed by atoms with Crippen molar-refractivity contribution in [2.75, 3.05) is 17.2 Å². The van der Waals surface area contributed by atoms with E-state index in [2.05, 4.69) is 59.3 Å². The predicted octanol–water partition coefficient (Wildman–Crippen LogP) is 5.81. The number of benzene rings is 2. The van der Waals surface area contributed by atoms with Crippen molar-refractivity contribution >= 4 is 33.2 Å². The molecule has 0 unspecified atom stereocenters. The van der Waals surface area contributed by atoms with Crippen LogP contribution in [0, 0.1) is 29.1 Å². The highest BCUT2D eigenvalue weighted by molar-refractivity contribution is 5.99. The lowest BCUT2D eigenvalue weighted by Crippen LogP contribution is -2.52. The number of nitrogens with zero attached hydrogens (tertiary/aromatic N) is 4. The smallest absolute Gasteiger partial charge is 0.383 e. The predicted molar refractivity (Wildman–Crippen MR) is 172 cm³/mol. The molecule has 6 rings (SSSR count). The van der Waals surface area contributed by atoms with Crippen LogP contribution < -0.4 is 27.2 Å². The Morgan fingerprint density at radius 3 is 2.54 bits per heavy atom. The molecule has 46 heavy (non-hydrogen) atoms. The van der Waals surface area contributed by atoms with Crippen molar-refractivity contribution < 1.29 is 13.2 Å². The molecular weight excluding hydrogens is 593 g/mol. The van der Waals surface area contributed by atoms with Gasteiger partial charge in [-0.2, -0.15) is 18.4 Å². The number of terminal acetylenes is 1. The average Bonchev–Trinajstić information content (AvgIpc) is 3.70. The van der Waals surface area contributed by atoms with Crippen molar-refractivity contribution in [3.8, 4) is 18.4 Å². The first-order chi connectivity index (χ1) is 21.8. The molecule has 1 aliphatic heterocycles. The summed E-state index contributed by atoms with van der Waals surface area (Å²) >= 11 is 0. The molecule has 9 nitrogen and oxygen atoms in total. The van der Waals surface area contributed by atoms with Crippen LogP contribution in [0.5, 0.6) is 0 Å². The second-order valence-corrected chi connectivity index (χ2v) is 12.9. The van der Waals surface area contributed by atoms with E-state index < -0.39 is 17.8 Å². The zero-order chi connectivity index (χ0) is 33.0. The van der Waals surface area contributed by atoms with Gasteiger partial charge in [0.05, 0.1) is 39.6 Å². The van der Waals surface area contributed by atoms with Gasteiger partial charge in [-0.3, -0.25) is 14.8 Å². The summed E-state index contributed by atoms with van der Waals surface area (Å²) in [6, 6.07) is 13.6. The lowest BCUT2D eigenvalue weighted by molar-refractivity contribution is -0.195. The summed E-state index contributed by atoms with van der Waals surface area (Å²) in [5.41, 5.74) is 7.63. The molecule has 2 aromatic carbocycles. The summed E-state index contributed by atoms with van der Waals surface area (Å²) in [6.45, 7) is 6.85. The molecule has 3 heterocycles. The Labute approximate surface area is 264 Å². The van der Waals surface area contributed by atoms with Gasteiger partial charge in [0.1, 0.15) is 6.07 Å². The zero-order valence-corrected chi connectivity index (χ0v) is 25.8. The third-order valence-electron chi connectivity index (χ3n) is 8.48. The Morgan fingerprint density at radius 2 is 1.89 bits per heavy atom. The molecule has 12 heteroatoms. The van der Waals surface area contributed by atoms with Crippen LogP contribution in [-0.4, -0.2) is 32.8 Å². The molecule has 0 saturated heterocycles. The summed E-state index contributed by atoms with van der Waals surface area (Å²) in [6.07, 6.45) is 4.33. The average molecular weight is 627 g/mol. The normalized spacial score (nSPS) is 16.4. The molecule has 0 amide bonds. The summed E-state index contributed by atoms with van der Waals surface area (Å²) in [7, 11) is 1.66. The van der Waals surface area contributed by atoms with Gasteiger partial charge in [0.15, 0.2) is 5.54 Å². The van der Waals surface area contributed by atoms with Gasteiger partial charge in [0.25, 0.3) is 5.56 Å². The Hall–Kier alpha value is -5.20. The van der Waals surface area contributed by atoms with Crippen LogP contribution in [-0.2, 0) is 7.05 Å². The Kier molecular flexibility index (Phi) is 7.37. The Morgan fingerprint density at radius 1 is 1.13 bits per heavy atom. The quantitative estimate of drug-likeness (QED) is 0.190. The van der Waals surface area contributed by atoms with E-state index >= 15 is 0 Å². The molecule has 4 N–H and O–H groups in total. The standard InChI is InChI=1S/C34H33F3N8O/c1-6-20-17-39-30-21(16-38)14-22(15-25(30)29(20)40-19-32(2,3)4)41-31(24-8-7-9-27-23(24)10-11-28(46)44(27)5)26-18-45(43-42-26)33(12-13-33)34(35,36)37/h1,7-11,14-15,17-18,31,41-43H,12-13,19H2,2-5H3,(H,39,40)/t31-/m0/s1. The van der Waals surface area contributed by atoms with Crippen LogP contribution in [0.1, 0.15) is 56.3 Å². The molecule has 0 bridgehead atoms. The zero-order valence-electron chi connectivity index (χ0n) is 25.8. The molecule has 0 spiro atoms. The number of aromatic nitrogens is 2. The monoisotopic (exact) mass is 626 g/mol. The summed E-state index contributed by atoms with van der Waals surface area (Å²) < 4.78 is 43.7. The van der Waals surface area contributed by atoms with Crippen molar-refractivity contribution in [2.24, 2.45) is 12.5 Å². The first-order valence-electron chi connectivity index (χ1n) is 14.8. The fourth-order valence-electron chi connectivity index (χ4n) is 5.78. The number of anilines is 2. The fraction of sp³-hybridized carbons (Fsp3) is 0.324. The van der Waals surface area contributed by atoms with Gasteiger partial charge in [0.2, 0.25) is 0 Å². The van der Waals surface area contributed by atoms with E-state index in [0.29, 0.717) is 56.7 Å². The third-order valence-corrected chi connectivity index (χ3v) is 8.48. The summed E-state index contributed by atoms with van der Waals surface area (Å²) in [5.74, 6) is 2.68. The van der Waals surface area contributed by atoms with Crippen molar-refractivity contribution in [1.29, 1.82) is 5.26 Å². The second kappa shape index (κ2) is 11.0. The number of alkyl halides is 3. The summed E-state index contributed by atoms with van der Waals surface area (Å²) in [4.78, 5) is 17.0. The molecule has 236 valence electrons. The topological polar surface area (TPSA) is 110 Å². The highest BCUT2D eigenvalue weighted by Gasteiger charge is 2.67. The largest absolute Gasteiger partial charge is 0.413 e. The van der Waals surface area contributed by atoms with E-state index in [0.717, 1.165) is 10.4 Å². The molecule has 2 aromatic heterocycles. The maximum Gasteiger partial charge on any atom is 0.413 e. The molecule has 0 radical (unpaired) electrons. The van der Waals surface area contributed by atoms with E-state index in [4.69, 9.17) is 6.42 Å². The van der Waals surface area contributed by atoms with Gasteiger partial charge in [-0.25, -0.2) is 0 Å². The van der Waals surface area contributed by atoms with Crippen LogP contribution in [0.25, 0.3) is 21.8 Å². The lowest BCUT2D eigenvalue weighted by atomic mass is 9.96. The number of nitrogens with one attached hydrogen (secondary N) is 4. The maximum atomic E-state index is 14.1. The SMILES string of the molecule is C#Cc1cnc2c(C#N)cc(N[C@H](C3=CN(C4(C(F)(F)F)CC4)NN3)c3cccc4c3ccc(=O)n4C)cc2c1NCC(C)(C)C. The third kappa shape index (κ3) is 5.35. The fourth-order valence-corrected chi connectivity index (χ4v) is 5.78. The van der Waals surface area contributed by atoms with E-state index in [1.165, 1.54) is 16.8 Å². The molecule has 1 aliphatic carbocycles. The van der Waals surface area contributed by atoms with Gasteiger partial charge >= 0.3 is 6.18 Å². The van der Waals surface area contributed by atoms with Crippen molar-refractivity contribution in [3.05, 3.63) is 87.6 Å². The number of halogens is 3. The number of fused-ring (bicyclic) bond motifs is 2. The Balaban J connectivity index is 1.52. The lowest BCUT2D eigenvalue weighted by Gasteiger charge is -2.28. The minimum absolute atomic E-state index is 0.0332. The van der Waals surface area contributed by atoms with Gasteiger partial charge in [-0.1, -0.05) is 38.8 Å². The van der Waals surface area contributed by atoms with Crippen LogP contribution >= 0.6 is 0 Å². The van der Waals surface area contributed by atoms with Gasteiger partial charge in [0, 0.05) is 48.5 Å². The molecule has 2 aliphatic rings. The molecular formula is C34H33F3N8O. The van der Waals surface area contributed by atoms with E-state index in [1.807, 2.05) is 18.2 Å². The number of rotatable bonds is 7. The van der Waals surface area contributed by atoms with E-state index in [9.17, 15) is 23.2 Å². The van der Waals surface area contributed by atoms with Crippen molar-refractivity contribution in [1.82, 2.24) is 25.5 Å². The number of hydrogen-bond acceptors (Lipinski definition) is 8. The first-order valence-corrected chi connectivity index (χ1v) is 14.8. The minimum Gasteiger partial charge on any atom is -0.383 e. The van der Waals surface area contributed by atoms with Crippen molar-refractivity contribution in [2.45, 2.75) is 51.4 Å². The second-order valence-electron chi connectivity index (χ2n) is 12.9. The molecule has 1 atom stereocenters. The Bertz CT molecular complexity index is 2040. The highest BCUT2D eigenvalue weighted by Crippen LogP contribution is 2.54. The van der Waals surface area contributed by atoms with E-state index in [1.54, 1.807) is 31.4 Å². The minimum atomic E-state index is -4.44. The highest BCUT2D eigenvalue weighted by atomic mass is 19.4. The van der Waals surface area contributed by atoms with Gasteiger partial charge < -0.3 is 20.6 Å². The molecule has 1 fully saturated rings. The number of pyridine rings is 2. The van der Waals surface area contributed by atoms with Crippen LogP contribution in [0.4, 0.5) is 24.5 Å². The van der Waals surface area contributed by atoms with Crippen LogP contribution in [0.3, 0.4) is 0 Å². The number of aryl methyl sites for hydroxylation is 1. The molecule has 1 saturated carbocycles.